The minimum Gasteiger partial charge on any atom is -0.493 e. The number of nitrogens with zero attached hydrogens (tertiary/aromatic N) is 1. The van der Waals surface area contributed by atoms with Crippen molar-refractivity contribution < 1.29 is 13.9 Å². The molecule has 1 unspecified atom stereocenters. The molecule has 1 atom stereocenters. The molecule has 1 aromatic heterocycles. The van der Waals surface area contributed by atoms with E-state index in [2.05, 4.69) is 15.5 Å². The molecule has 2 N–H and O–H groups in total. The van der Waals surface area contributed by atoms with E-state index in [0.717, 1.165) is 11.3 Å². The Hall–Kier alpha value is -3.15. The first kappa shape index (κ1) is 15.4. The zero-order valence-electron chi connectivity index (χ0n) is 13.3. The molecule has 25 heavy (non-hydrogen) atoms. The molecule has 6 heteroatoms. The van der Waals surface area contributed by atoms with Crippen LogP contribution >= 0.6 is 0 Å². The van der Waals surface area contributed by atoms with E-state index in [4.69, 9.17) is 4.74 Å². The van der Waals surface area contributed by atoms with Crippen LogP contribution < -0.4 is 10.1 Å². The summed E-state index contributed by atoms with van der Waals surface area (Å²) in [5.74, 6) is 0.243. The summed E-state index contributed by atoms with van der Waals surface area (Å²) >= 11 is 0. The Labute approximate surface area is 143 Å². The number of halogens is 1. The lowest BCUT2D eigenvalue weighted by molar-refractivity contribution is 0.0925. The lowest BCUT2D eigenvalue weighted by Crippen LogP contribution is -2.32. The van der Waals surface area contributed by atoms with Crippen molar-refractivity contribution in [2.24, 2.45) is 0 Å². The minimum atomic E-state index is -0.326. The number of hydrogen-bond donors (Lipinski definition) is 2. The number of aromatic amines is 1. The molecule has 3 aromatic rings. The van der Waals surface area contributed by atoms with Crippen molar-refractivity contribution >= 4 is 5.91 Å². The van der Waals surface area contributed by atoms with Crippen molar-refractivity contribution in [1.29, 1.82) is 0 Å². The number of H-pyrrole nitrogens is 1. The molecular formula is C19H16FN3O2. The van der Waals surface area contributed by atoms with Gasteiger partial charge in [-0.25, -0.2) is 4.39 Å². The van der Waals surface area contributed by atoms with Crippen molar-refractivity contribution in [3.8, 4) is 17.0 Å². The van der Waals surface area contributed by atoms with E-state index >= 15 is 0 Å². The highest BCUT2D eigenvalue weighted by Gasteiger charge is 2.24. The van der Waals surface area contributed by atoms with Gasteiger partial charge in [-0.3, -0.25) is 9.89 Å². The normalized spacial score (nSPS) is 16.0. The van der Waals surface area contributed by atoms with E-state index in [1.165, 1.54) is 18.3 Å². The Morgan fingerprint density at radius 1 is 1.20 bits per heavy atom. The Morgan fingerprint density at radius 2 is 2.00 bits per heavy atom. The standard InChI is InChI=1S/C19H16FN3O2/c20-13-7-5-12(6-8-13)18-15(11-21-23-18)19(24)22-16-9-10-25-17-4-2-1-3-14(16)17/h1-8,11,16H,9-10H2,(H,21,23)(H,22,24). The lowest BCUT2D eigenvalue weighted by atomic mass is 10.00. The molecular weight excluding hydrogens is 321 g/mol. The maximum Gasteiger partial charge on any atom is 0.255 e. The van der Waals surface area contributed by atoms with Gasteiger partial charge in [-0.05, 0) is 30.3 Å². The van der Waals surface area contributed by atoms with Crippen molar-refractivity contribution in [1.82, 2.24) is 15.5 Å². The van der Waals surface area contributed by atoms with Gasteiger partial charge in [0.25, 0.3) is 5.91 Å². The molecule has 0 radical (unpaired) electrons. The van der Waals surface area contributed by atoms with Crippen LogP contribution in [0.4, 0.5) is 4.39 Å². The third-order valence-corrected chi connectivity index (χ3v) is 4.28. The summed E-state index contributed by atoms with van der Waals surface area (Å²) < 4.78 is 18.7. The first-order chi connectivity index (χ1) is 12.2. The van der Waals surface area contributed by atoms with Gasteiger partial charge in [-0.2, -0.15) is 5.10 Å². The van der Waals surface area contributed by atoms with Crippen LogP contribution in [-0.4, -0.2) is 22.7 Å². The predicted octanol–water partition coefficient (Wildman–Crippen LogP) is 3.47. The highest BCUT2D eigenvalue weighted by Crippen LogP contribution is 2.32. The van der Waals surface area contributed by atoms with Gasteiger partial charge in [-0.15, -0.1) is 0 Å². The van der Waals surface area contributed by atoms with Gasteiger partial charge in [0, 0.05) is 17.5 Å². The number of para-hydroxylation sites is 1. The second kappa shape index (κ2) is 6.39. The molecule has 1 aliphatic rings. The molecule has 0 aliphatic carbocycles. The third-order valence-electron chi connectivity index (χ3n) is 4.28. The number of amides is 1. The second-order valence-electron chi connectivity index (χ2n) is 5.87. The van der Waals surface area contributed by atoms with Crippen LogP contribution in [0.25, 0.3) is 11.3 Å². The number of nitrogens with one attached hydrogen (secondary N) is 2. The molecule has 0 bridgehead atoms. The molecule has 2 heterocycles. The zero-order chi connectivity index (χ0) is 17.2. The molecule has 4 rings (SSSR count). The van der Waals surface area contributed by atoms with Crippen molar-refractivity contribution in [3.05, 3.63) is 71.7 Å². The van der Waals surface area contributed by atoms with Gasteiger partial charge in [0.2, 0.25) is 0 Å². The van der Waals surface area contributed by atoms with Crippen LogP contribution in [0.3, 0.4) is 0 Å². The van der Waals surface area contributed by atoms with E-state index in [1.807, 2.05) is 24.3 Å². The number of rotatable bonds is 3. The summed E-state index contributed by atoms with van der Waals surface area (Å²) in [6, 6.07) is 13.5. The number of aromatic nitrogens is 2. The maximum atomic E-state index is 13.1. The van der Waals surface area contributed by atoms with E-state index in [9.17, 15) is 9.18 Å². The molecule has 0 fully saturated rings. The number of ether oxygens (including phenoxy) is 1. The third kappa shape index (κ3) is 2.98. The quantitative estimate of drug-likeness (QED) is 0.769. The highest BCUT2D eigenvalue weighted by molar-refractivity contribution is 6.00. The number of fused-ring (bicyclic) bond motifs is 1. The fraction of sp³-hybridized carbons (Fsp3) is 0.158. The highest BCUT2D eigenvalue weighted by atomic mass is 19.1. The SMILES string of the molecule is O=C(NC1CCOc2ccccc21)c1cn[nH]c1-c1ccc(F)cc1. The van der Waals surface area contributed by atoms with Crippen molar-refractivity contribution in [3.63, 3.8) is 0 Å². The molecule has 1 amide bonds. The van der Waals surface area contributed by atoms with Gasteiger partial charge in [-0.1, -0.05) is 18.2 Å². The fourth-order valence-corrected chi connectivity index (χ4v) is 3.02. The smallest absolute Gasteiger partial charge is 0.255 e. The monoisotopic (exact) mass is 337 g/mol. The van der Waals surface area contributed by atoms with E-state index in [1.54, 1.807) is 12.1 Å². The van der Waals surface area contributed by atoms with E-state index < -0.39 is 0 Å². The molecule has 0 saturated heterocycles. The minimum absolute atomic E-state index is 0.117. The zero-order valence-corrected chi connectivity index (χ0v) is 13.3. The van der Waals surface area contributed by atoms with Crippen molar-refractivity contribution in [2.75, 3.05) is 6.61 Å². The van der Waals surface area contributed by atoms with Crippen LogP contribution in [0.1, 0.15) is 28.4 Å². The van der Waals surface area contributed by atoms with Crippen LogP contribution in [-0.2, 0) is 0 Å². The van der Waals surface area contributed by atoms with Gasteiger partial charge in [0.05, 0.1) is 30.1 Å². The number of benzene rings is 2. The molecule has 1 aliphatic heterocycles. The molecule has 5 nitrogen and oxygen atoms in total. The summed E-state index contributed by atoms with van der Waals surface area (Å²) in [4.78, 5) is 12.8. The predicted molar refractivity (Wildman–Crippen MR) is 90.7 cm³/mol. The average Bonchev–Trinajstić information content (AvgIpc) is 3.12. The molecule has 0 spiro atoms. The molecule has 126 valence electrons. The van der Waals surface area contributed by atoms with Crippen LogP contribution in [0.5, 0.6) is 5.75 Å². The first-order valence-electron chi connectivity index (χ1n) is 8.04. The summed E-state index contributed by atoms with van der Waals surface area (Å²) in [5.41, 5.74) is 2.67. The van der Waals surface area contributed by atoms with E-state index in [-0.39, 0.29) is 17.8 Å². The summed E-state index contributed by atoms with van der Waals surface area (Å²) in [5, 5.41) is 9.84. The molecule has 2 aromatic carbocycles. The Kier molecular flexibility index (Phi) is 3.93. The lowest BCUT2D eigenvalue weighted by Gasteiger charge is -2.26. The Balaban J connectivity index is 1.59. The van der Waals surface area contributed by atoms with Gasteiger partial charge < -0.3 is 10.1 Å². The summed E-state index contributed by atoms with van der Waals surface area (Å²) in [6.07, 6.45) is 2.19. The molecule has 0 saturated carbocycles. The Morgan fingerprint density at radius 3 is 2.84 bits per heavy atom. The number of carbonyl (C=O) groups excluding carboxylic acids is 1. The summed E-state index contributed by atoms with van der Waals surface area (Å²) in [7, 11) is 0. The fourth-order valence-electron chi connectivity index (χ4n) is 3.02. The number of carbonyl (C=O) groups is 1. The van der Waals surface area contributed by atoms with Gasteiger partial charge in [0.15, 0.2) is 0 Å². The van der Waals surface area contributed by atoms with Crippen LogP contribution in [0, 0.1) is 5.82 Å². The first-order valence-corrected chi connectivity index (χ1v) is 8.04. The van der Waals surface area contributed by atoms with Gasteiger partial charge >= 0.3 is 0 Å². The maximum absolute atomic E-state index is 13.1. The second-order valence-corrected chi connectivity index (χ2v) is 5.87. The van der Waals surface area contributed by atoms with Crippen LogP contribution in [0.15, 0.2) is 54.7 Å². The topological polar surface area (TPSA) is 67.0 Å². The summed E-state index contributed by atoms with van der Waals surface area (Å²) in [6.45, 7) is 0.554. The van der Waals surface area contributed by atoms with E-state index in [0.29, 0.717) is 29.8 Å². The van der Waals surface area contributed by atoms with Gasteiger partial charge in [0.1, 0.15) is 11.6 Å². The largest absolute Gasteiger partial charge is 0.493 e. The van der Waals surface area contributed by atoms with Crippen molar-refractivity contribution in [2.45, 2.75) is 12.5 Å². The Bertz CT molecular complexity index is 905. The average molecular weight is 337 g/mol. The number of hydrogen-bond acceptors (Lipinski definition) is 3. The van der Waals surface area contributed by atoms with Crippen LogP contribution in [0.2, 0.25) is 0 Å².